The predicted molar refractivity (Wildman–Crippen MR) is 107 cm³/mol. The number of rotatable bonds is 6. The molecule has 1 unspecified atom stereocenters. The molecule has 0 aliphatic rings. The van der Waals surface area contributed by atoms with Gasteiger partial charge in [-0.2, -0.15) is 0 Å². The maximum absolute atomic E-state index is 11.6. The lowest BCUT2D eigenvalue weighted by molar-refractivity contribution is 0.416. The fourth-order valence-electron chi connectivity index (χ4n) is 2.76. The molecule has 2 aromatic carbocycles. The van der Waals surface area contributed by atoms with Crippen molar-refractivity contribution in [1.82, 2.24) is 4.98 Å². The Morgan fingerprint density at radius 2 is 1.85 bits per heavy atom. The normalized spacial score (nSPS) is 12.4. The first-order chi connectivity index (χ1) is 12.9. The van der Waals surface area contributed by atoms with E-state index in [9.17, 15) is 8.42 Å². The third kappa shape index (κ3) is 4.45. The molecule has 1 atom stereocenters. The first-order valence-corrected chi connectivity index (χ1v) is 9.97. The Kier molecular flexibility index (Phi) is 5.43. The molecule has 0 aliphatic heterocycles. The van der Waals surface area contributed by atoms with E-state index in [1.807, 2.05) is 42.5 Å². The summed E-state index contributed by atoms with van der Waals surface area (Å²) in [5.74, 6) is 1.41. The number of sulfonamides is 1. The SMILES string of the molecule is COc1ccccc1-c1ccnc(Nc2cccc(C(C)S(N)(=O)=O)c2)c1. The zero-order valence-electron chi connectivity index (χ0n) is 15.1. The van der Waals surface area contributed by atoms with Crippen LogP contribution in [0.25, 0.3) is 11.1 Å². The maximum atomic E-state index is 11.6. The molecule has 3 rings (SSSR count). The third-order valence-electron chi connectivity index (χ3n) is 4.30. The Bertz CT molecular complexity index is 1050. The second-order valence-corrected chi connectivity index (χ2v) is 8.00. The Morgan fingerprint density at radius 1 is 1.07 bits per heavy atom. The Morgan fingerprint density at radius 3 is 2.59 bits per heavy atom. The van der Waals surface area contributed by atoms with Gasteiger partial charge in [-0.1, -0.05) is 30.3 Å². The topological polar surface area (TPSA) is 94.3 Å². The molecule has 6 nitrogen and oxygen atoms in total. The largest absolute Gasteiger partial charge is 0.496 e. The summed E-state index contributed by atoms with van der Waals surface area (Å²) >= 11 is 0. The average Bonchev–Trinajstić information content (AvgIpc) is 2.67. The third-order valence-corrected chi connectivity index (χ3v) is 5.56. The van der Waals surface area contributed by atoms with Crippen molar-refractivity contribution in [1.29, 1.82) is 0 Å². The van der Waals surface area contributed by atoms with Crippen LogP contribution < -0.4 is 15.2 Å². The molecule has 1 heterocycles. The molecule has 3 aromatic rings. The number of anilines is 2. The lowest BCUT2D eigenvalue weighted by atomic mass is 10.1. The number of para-hydroxylation sites is 1. The summed E-state index contributed by atoms with van der Waals surface area (Å²) < 4.78 is 28.6. The summed E-state index contributed by atoms with van der Waals surface area (Å²) in [5.41, 5.74) is 3.26. The number of nitrogens with zero attached hydrogens (tertiary/aromatic N) is 1. The molecule has 0 fully saturated rings. The maximum Gasteiger partial charge on any atom is 0.215 e. The molecule has 0 amide bonds. The minimum absolute atomic E-state index is 0.614. The van der Waals surface area contributed by atoms with Crippen molar-refractivity contribution in [3.63, 3.8) is 0 Å². The first kappa shape index (κ1) is 18.9. The summed E-state index contributed by atoms with van der Waals surface area (Å²) in [7, 11) is -2.02. The van der Waals surface area contributed by atoms with Gasteiger partial charge in [-0.15, -0.1) is 0 Å². The molecule has 0 radical (unpaired) electrons. The van der Waals surface area contributed by atoms with Crippen LogP contribution >= 0.6 is 0 Å². The van der Waals surface area contributed by atoms with Gasteiger partial charge in [0.25, 0.3) is 0 Å². The van der Waals surface area contributed by atoms with E-state index in [-0.39, 0.29) is 0 Å². The van der Waals surface area contributed by atoms with E-state index in [0.717, 1.165) is 22.6 Å². The van der Waals surface area contributed by atoms with Crippen LogP contribution in [0.4, 0.5) is 11.5 Å². The van der Waals surface area contributed by atoms with Crippen molar-refractivity contribution >= 4 is 21.5 Å². The van der Waals surface area contributed by atoms with Crippen LogP contribution in [-0.2, 0) is 10.0 Å². The molecule has 0 spiro atoms. The number of hydrogen-bond acceptors (Lipinski definition) is 5. The van der Waals surface area contributed by atoms with E-state index in [2.05, 4.69) is 10.3 Å². The number of primary sulfonamides is 1. The molecule has 0 saturated heterocycles. The summed E-state index contributed by atoms with van der Waals surface area (Å²) in [6, 6.07) is 18.7. The van der Waals surface area contributed by atoms with Crippen LogP contribution in [0.15, 0.2) is 66.9 Å². The lowest BCUT2D eigenvalue weighted by Crippen LogP contribution is -2.19. The Labute approximate surface area is 159 Å². The van der Waals surface area contributed by atoms with Gasteiger partial charge < -0.3 is 10.1 Å². The fraction of sp³-hybridized carbons (Fsp3) is 0.150. The zero-order chi connectivity index (χ0) is 19.4. The van der Waals surface area contributed by atoms with E-state index in [1.165, 1.54) is 0 Å². The highest BCUT2D eigenvalue weighted by Crippen LogP contribution is 2.31. The second-order valence-electron chi connectivity index (χ2n) is 6.11. The Balaban J connectivity index is 1.89. The number of pyridine rings is 1. The molecule has 7 heteroatoms. The van der Waals surface area contributed by atoms with Gasteiger partial charge in [0.05, 0.1) is 12.4 Å². The van der Waals surface area contributed by atoms with Gasteiger partial charge in [0.2, 0.25) is 10.0 Å². The minimum atomic E-state index is -3.65. The molecule has 140 valence electrons. The molecular formula is C20H21N3O3S. The molecule has 1 aromatic heterocycles. The number of benzene rings is 2. The van der Waals surface area contributed by atoms with Crippen LogP contribution in [0, 0.1) is 0 Å². The standard InChI is InChI=1S/C20H21N3O3S/c1-14(27(21,24)25)15-6-5-7-17(12-15)23-20-13-16(10-11-22-20)18-8-3-4-9-19(18)26-2/h3-14H,1-2H3,(H,22,23)(H2,21,24,25). The average molecular weight is 383 g/mol. The smallest absolute Gasteiger partial charge is 0.215 e. The number of methoxy groups -OCH3 is 1. The van der Waals surface area contributed by atoms with Gasteiger partial charge in [-0.25, -0.2) is 18.5 Å². The van der Waals surface area contributed by atoms with Crippen molar-refractivity contribution < 1.29 is 13.2 Å². The monoisotopic (exact) mass is 383 g/mol. The molecule has 0 aliphatic carbocycles. The zero-order valence-corrected chi connectivity index (χ0v) is 15.9. The quantitative estimate of drug-likeness (QED) is 0.674. The van der Waals surface area contributed by atoms with Gasteiger partial charge in [-0.3, -0.25) is 0 Å². The molecule has 3 N–H and O–H groups in total. The minimum Gasteiger partial charge on any atom is -0.496 e. The summed E-state index contributed by atoms with van der Waals surface area (Å²) in [6.45, 7) is 1.56. The number of hydrogen-bond donors (Lipinski definition) is 2. The van der Waals surface area contributed by atoms with Gasteiger partial charge in [0.15, 0.2) is 0 Å². The summed E-state index contributed by atoms with van der Waals surface area (Å²) in [6.07, 6.45) is 1.71. The van der Waals surface area contributed by atoms with E-state index >= 15 is 0 Å². The van der Waals surface area contributed by atoms with Crippen molar-refractivity contribution in [2.75, 3.05) is 12.4 Å². The van der Waals surface area contributed by atoms with Crippen molar-refractivity contribution in [3.05, 3.63) is 72.4 Å². The van der Waals surface area contributed by atoms with Crippen molar-refractivity contribution in [2.45, 2.75) is 12.2 Å². The van der Waals surface area contributed by atoms with E-state index < -0.39 is 15.3 Å². The van der Waals surface area contributed by atoms with E-state index in [4.69, 9.17) is 9.88 Å². The highest BCUT2D eigenvalue weighted by molar-refractivity contribution is 7.89. The first-order valence-electron chi connectivity index (χ1n) is 8.36. The highest BCUT2D eigenvalue weighted by Gasteiger charge is 2.18. The lowest BCUT2D eigenvalue weighted by Gasteiger charge is -2.13. The van der Waals surface area contributed by atoms with Gasteiger partial charge >= 0.3 is 0 Å². The molecule has 0 saturated carbocycles. The summed E-state index contributed by atoms with van der Waals surface area (Å²) in [5, 5.41) is 7.68. The number of nitrogens with two attached hydrogens (primary N) is 1. The van der Waals surface area contributed by atoms with Gasteiger partial charge in [-0.05, 0) is 48.4 Å². The molecule has 27 heavy (non-hydrogen) atoms. The van der Waals surface area contributed by atoms with Crippen LogP contribution in [0.3, 0.4) is 0 Å². The van der Waals surface area contributed by atoms with Crippen LogP contribution in [-0.4, -0.2) is 20.5 Å². The Hall–Kier alpha value is -2.90. The van der Waals surface area contributed by atoms with E-state index in [0.29, 0.717) is 11.4 Å². The molecule has 0 bridgehead atoms. The van der Waals surface area contributed by atoms with Gasteiger partial charge in [0.1, 0.15) is 11.6 Å². The van der Waals surface area contributed by atoms with Crippen LogP contribution in [0.5, 0.6) is 5.75 Å². The van der Waals surface area contributed by atoms with Crippen LogP contribution in [0.2, 0.25) is 0 Å². The number of nitrogens with one attached hydrogen (secondary N) is 1. The molecular weight excluding hydrogens is 362 g/mol. The van der Waals surface area contributed by atoms with Crippen LogP contribution in [0.1, 0.15) is 17.7 Å². The highest BCUT2D eigenvalue weighted by atomic mass is 32.2. The van der Waals surface area contributed by atoms with Crippen molar-refractivity contribution in [3.8, 4) is 16.9 Å². The predicted octanol–water partition coefficient (Wildman–Crippen LogP) is 3.85. The summed E-state index contributed by atoms with van der Waals surface area (Å²) in [4.78, 5) is 4.34. The van der Waals surface area contributed by atoms with E-state index in [1.54, 1.807) is 38.4 Å². The fourth-order valence-corrected chi connectivity index (χ4v) is 3.28. The van der Waals surface area contributed by atoms with Gasteiger partial charge in [0, 0.05) is 17.4 Å². The number of aromatic nitrogens is 1. The second kappa shape index (κ2) is 7.77. The van der Waals surface area contributed by atoms with Crippen molar-refractivity contribution in [2.24, 2.45) is 5.14 Å². The number of ether oxygens (including phenoxy) is 1.